The van der Waals surface area contributed by atoms with Crippen LogP contribution in [0.25, 0.3) is 0 Å². The van der Waals surface area contributed by atoms with Crippen molar-refractivity contribution in [2.24, 2.45) is 0 Å². The Morgan fingerprint density at radius 3 is 1.07 bits per heavy atom. The van der Waals surface area contributed by atoms with E-state index in [2.05, 4.69) is 0 Å². The highest BCUT2D eigenvalue weighted by atomic mass is 17.2. The maximum atomic E-state index is 12.1. The zero-order chi connectivity index (χ0) is 24.0. The first-order valence-electron chi connectivity index (χ1n) is 10.4. The minimum atomic E-state index is -1.05. The molecule has 0 N–H and O–H groups in total. The average molecular weight is 435 g/mol. The van der Waals surface area contributed by atoms with E-state index < -0.39 is 46.6 Å². The Labute approximate surface area is 181 Å². The SMILES string of the molecule is CC(CC(C)(C)OOC(C)(C)C)OC(=O)C(=O)OC(C)CC(C)(C)OOC(C)(C)C. The van der Waals surface area contributed by atoms with Crippen molar-refractivity contribution < 1.29 is 38.6 Å². The molecule has 0 spiro atoms. The lowest BCUT2D eigenvalue weighted by molar-refractivity contribution is -0.400. The number of carbonyl (C=O) groups is 2. The topological polar surface area (TPSA) is 89.5 Å². The Hall–Kier alpha value is -1.22. The third kappa shape index (κ3) is 14.7. The van der Waals surface area contributed by atoms with Crippen molar-refractivity contribution in [3.8, 4) is 0 Å². The third-order valence-corrected chi connectivity index (χ3v) is 3.38. The van der Waals surface area contributed by atoms with Gasteiger partial charge in [0.2, 0.25) is 0 Å². The molecule has 0 radical (unpaired) electrons. The van der Waals surface area contributed by atoms with E-state index in [9.17, 15) is 9.59 Å². The summed E-state index contributed by atoms with van der Waals surface area (Å²) in [6.45, 7) is 21.8. The molecule has 2 atom stereocenters. The van der Waals surface area contributed by atoms with E-state index in [1.54, 1.807) is 13.8 Å². The Morgan fingerprint density at radius 2 is 0.833 bits per heavy atom. The van der Waals surface area contributed by atoms with Gasteiger partial charge >= 0.3 is 11.9 Å². The fourth-order valence-corrected chi connectivity index (χ4v) is 2.47. The van der Waals surface area contributed by atoms with Gasteiger partial charge in [0.05, 0.1) is 11.2 Å². The van der Waals surface area contributed by atoms with Gasteiger partial charge in [-0.2, -0.15) is 0 Å². The number of ether oxygens (including phenoxy) is 2. The van der Waals surface area contributed by atoms with Gasteiger partial charge in [-0.25, -0.2) is 29.1 Å². The van der Waals surface area contributed by atoms with Crippen LogP contribution in [0.5, 0.6) is 0 Å². The highest BCUT2D eigenvalue weighted by molar-refractivity contribution is 6.29. The van der Waals surface area contributed by atoms with Crippen LogP contribution in [0.1, 0.15) is 95.9 Å². The molecular weight excluding hydrogens is 392 g/mol. The second-order valence-electron chi connectivity index (χ2n) is 10.9. The minimum Gasteiger partial charge on any atom is -0.454 e. The van der Waals surface area contributed by atoms with E-state index in [-0.39, 0.29) is 0 Å². The first kappa shape index (κ1) is 28.8. The standard InChI is InChI=1S/C22H42O8/c1-15(13-21(9,10)29-27-19(3,4)5)25-17(23)18(24)26-16(2)14-22(11,12)30-28-20(6,7)8/h15-16H,13-14H2,1-12H3. The molecule has 0 aromatic carbocycles. The van der Waals surface area contributed by atoms with E-state index in [1.165, 1.54) is 0 Å². The number of carbonyl (C=O) groups excluding carboxylic acids is 2. The summed E-state index contributed by atoms with van der Waals surface area (Å²) in [5, 5.41) is 0. The summed E-state index contributed by atoms with van der Waals surface area (Å²) in [6, 6.07) is 0. The first-order chi connectivity index (χ1) is 13.2. The molecule has 0 saturated heterocycles. The molecule has 0 aromatic rings. The molecule has 0 amide bonds. The predicted molar refractivity (Wildman–Crippen MR) is 112 cm³/mol. The molecule has 0 fully saturated rings. The Balaban J connectivity index is 4.53. The van der Waals surface area contributed by atoms with Gasteiger partial charge < -0.3 is 9.47 Å². The normalized spacial score (nSPS) is 15.5. The lowest BCUT2D eigenvalue weighted by atomic mass is 10.0. The summed E-state index contributed by atoms with van der Waals surface area (Å²) in [6.07, 6.45) is -0.469. The molecule has 0 aliphatic rings. The monoisotopic (exact) mass is 434 g/mol. The van der Waals surface area contributed by atoms with E-state index >= 15 is 0 Å². The van der Waals surface area contributed by atoms with Gasteiger partial charge in [0.25, 0.3) is 0 Å². The summed E-state index contributed by atoms with van der Waals surface area (Å²) < 4.78 is 10.4. The highest BCUT2D eigenvalue weighted by Crippen LogP contribution is 2.24. The van der Waals surface area contributed by atoms with Crippen molar-refractivity contribution in [3.05, 3.63) is 0 Å². The number of rotatable bonds is 10. The van der Waals surface area contributed by atoms with Crippen LogP contribution in [-0.2, 0) is 38.6 Å². The summed E-state index contributed by atoms with van der Waals surface area (Å²) in [4.78, 5) is 45.7. The van der Waals surface area contributed by atoms with Crippen LogP contribution in [-0.4, -0.2) is 46.6 Å². The predicted octanol–water partition coefficient (Wildman–Crippen LogP) is 4.68. The summed E-state index contributed by atoms with van der Waals surface area (Å²) in [7, 11) is 0. The zero-order valence-electron chi connectivity index (χ0n) is 20.8. The lowest BCUT2D eigenvalue weighted by Crippen LogP contribution is -2.37. The van der Waals surface area contributed by atoms with Gasteiger partial charge in [0.1, 0.15) is 23.4 Å². The zero-order valence-corrected chi connectivity index (χ0v) is 20.8. The van der Waals surface area contributed by atoms with Gasteiger partial charge in [0.15, 0.2) is 0 Å². The van der Waals surface area contributed by atoms with Crippen LogP contribution in [0.15, 0.2) is 0 Å². The smallest absolute Gasteiger partial charge is 0.417 e. The summed E-state index contributed by atoms with van der Waals surface area (Å²) in [5.41, 5.74) is -2.35. The molecule has 0 aliphatic carbocycles. The van der Waals surface area contributed by atoms with E-state index in [0.29, 0.717) is 12.8 Å². The maximum absolute atomic E-state index is 12.1. The van der Waals surface area contributed by atoms with Crippen molar-refractivity contribution in [2.45, 2.75) is 131 Å². The molecule has 178 valence electrons. The molecule has 0 aliphatic heterocycles. The Kier molecular flexibility index (Phi) is 10.4. The maximum Gasteiger partial charge on any atom is 0.417 e. The minimum absolute atomic E-state index is 0.336. The molecular formula is C22H42O8. The van der Waals surface area contributed by atoms with Gasteiger partial charge in [-0.05, 0) is 83.1 Å². The average Bonchev–Trinajstić information content (AvgIpc) is 2.48. The Morgan fingerprint density at radius 1 is 0.567 bits per heavy atom. The van der Waals surface area contributed by atoms with Crippen molar-refractivity contribution >= 4 is 11.9 Å². The van der Waals surface area contributed by atoms with Crippen LogP contribution in [0.2, 0.25) is 0 Å². The summed E-state index contributed by atoms with van der Waals surface area (Å²) >= 11 is 0. The van der Waals surface area contributed by atoms with Crippen molar-refractivity contribution in [2.75, 3.05) is 0 Å². The molecule has 0 heterocycles. The van der Waals surface area contributed by atoms with Crippen LogP contribution in [0, 0.1) is 0 Å². The molecule has 8 heteroatoms. The number of hydrogen-bond donors (Lipinski definition) is 0. The summed E-state index contributed by atoms with van der Waals surface area (Å²) in [5.74, 6) is -2.10. The molecule has 0 bridgehead atoms. The fourth-order valence-electron chi connectivity index (χ4n) is 2.47. The Bertz CT molecular complexity index is 504. The van der Waals surface area contributed by atoms with E-state index in [4.69, 9.17) is 29.0 Å². The second-order valence-corrected chi connectivity index (χ2v) is 10.9. The largest absolute Gasteiger partial charge is 0.454 e. The molecule has 0 aromatic heterocycles. The quantitative estimate of drug-likeness (QED) is 0.212. The van der Waals surface area contributed by atoms with E-state index in [0.717, 1.165) is 0 Å². The van der Waals surface area contributed by atoms with Crippen molar-refractivity contribution in [1.82, 2.24) is 0 Å². The lowest BCUT2D eigenvalue weighted by Gasteiger charge is -2.30. The molecule has 30 heavy (non-hydrogen) atoms. The van der Waals surface area contributed by atoms with Crippen LogP contribution >= 0.6 is 0 Å². The second kappa shape index (κ2) is 10.9. The molecule has 0 rings (SSSR count). The van der Waals surface area contributed by atoms with Gasteiger partial charge in [-0.3, -0.25) is 0 Å². The molecule has 2 unspecified atom stereocenters. The number of hydrogen-bond acceptors (Lipinski definition) is 8. The molecule has 8 nitrogen and oxygen atoms in total. The van der Waals surface area contributed by atoms with Crippen LogP contribution in [0.4, 0.5) is 0 Å². The fraction of sp³-hybridized carbons (Fsp3) is 0.909. The van der Waals surface area contributed by atoms with Crippen molar-refractivity contribution in [1.29, 1.82) is 0 Å². The number of esters is 2. The van der Waals surface area contributed by atoms with Gasteiger partial charge in [-0.1, -0.05) is 0 Å². The van der Waals surface area contributed by atoms with E-state index in [1.807, 2.05) is 69.2 Å². The first-order valence-corrected chi connectivity index (χ1v) is 10.4. The highest BCUT2D eigenvalue weighted by Gasteiger charge is 2.32. The van der Waals surface area contributed by atoms with Crippen LogP contribution < -0.4 is 0 Å². The third-order valence-electron chi connectivity index (χ3n) is 3.38. The van der Waals surface area contributed by atoms with Crippen molar-refractivity contribution in [3.63, 3.8) is 0 Å². The van der Waals surface area contributed by atoms with Gasteiger partial charge in [-0.15, -0.1) is 0 Å². The molecule has 0 saturated carbocycles. The van der Waals surface area contributed by atoms with Gasteiger partial charge in [0, 0.05) is 12.8 Å². The van der Waals surface area contributed by atoms with Crippen LogP contribution in [0.3, 0.4) is 0 Å².